The van der Waals surface area contributed by atoms with Crippen molar-refractivity contribution in [1.29, 1.82) is 0 Å². The molecule has 0 aliphatic rings. The molecular formula is C12H22N2O5S2. The van der Waals surface area contributed by atoms with E-state index < -0.39 is 19.9 Å². The summed E-state index contributed by atoms with van der Waals surface area (Å²) in [6, 6.07) is 1.42. The molecule has 0 bridgehead atoms. The average molecular weight is 338 g/mol. The molecule has 0 fully saturated rings. The molecule has 1 rings (SSSR count). The van der Waals surface area contributed by atoms with E-state index in [-0.39, 0.29) is 23.8 Å². The molecule has 0 radical (unpaired) electrons. The van der Waals surface area contributed by atoms with Crippen LogP contribution in [0.25, 0.3) is 0 Å². The first-order valence-electron chi connectivity index (χ1n) is 6.55. The summed E-state index contributed by atoms with van der Waals surface area (Å²) < 4.78 is 49.7. The SMILES string of the molecule is CCCn1cc(S(=O)(=O)N(C)CCS(C)(=O)=O)cc1CO. The third-order valence-electron chi connectivity index (χ3n) is 3.07. The first-order valence-corrected chi connectivity index (χ1v) is 10.1. The largest absolute Gasteiger partial charge is 0.390 e. The molecule has 21 heavy (non-hydrogen) atoms. The Morgan fingerprint density at radius 1 is 1.29 bits per heavy atom. The molecule has 7 nitrogen and oxygen atoms in total. The van der Waals surface area contributed by atoms with Crippen LogP contribution in [0.15, 0.2) is 17.2 Å². The van der Waals surface area contributed by atoms with Crippen molar-refractivity contribution in [3.8, 4) is 0 Å². The predicted octanol–water partition coefficient (Wildman–Crippen LogP) is 0.0555. The minimum atomic E-state index is -3.75. The van der Waals surface area contributed by atoms with Gasteiger partial charge in [0.15, 0.2) is 0 Å². The second kappa shape index (κ2) is 6.91. The number of aliphatic hydroxyl groups is 1. The summed E-state index contributed by atoms with van der Waals surface area (Å²) >= 11 is 0. The van der Waals surface area contributed by atoms with Crippen LogP contribution in [0, 0.1) is 0 Å². The van der Waals surface area contributed by atoms with Crippen LogP contribution in [0.5, 0.6) is 0 Å². The third kappa shape index (κ3) is 4.80. The molecule has 0 aliphatic heterocycles. The van der Waals surface area contributed by atoms with Crippen molar-refractivity contribution >= 4 is 19.9 Å². The van der Waals surface area contributed by atoms with Gasteiger partial charge in [0.2, 0.25) is 10.0 Å². The molecule has 0 atom stereocenters. The summed E-state index contributed by atoms with van der Waals surface area (Å²) in [5.41, 5.74) is 0.520. The smallest absolute Gasteiger partial charge is 0.244 e. The molecule has 0 saturated heterocycles. The van der Waals surface area contributed by atoms with E-state index in [1.807, 2.05) is 6.92 Å². The van der Waals surface area contributed by atoms with Gasteiger partial charge in [0.1, 0.15) is 14.7 Å². The summed E-state index contributed by atoms with van der Waals surface area (Å²) in [6.07, 6.45) is 3.35. The first kappa shape index (κ1) is 18.1. The summed E-state index contributed by atoms with van der Waals surface area (Å²) in [4.78, 5) is 0.0657. The molecule has 0 saturated carbocycles. The topological polar surface area (TPSA) is 96.7 Å². The van der Waals surface area contributed by atoms with Gasteiger partial charge in [-0.15, -0.1) is 0 Å². The van der Waals surface area contributed by atoms with Crippen molar-refractivity contribution in [2.45, 2.75) is 31.4 Å². The van der Waals surface area contributed by atoms with Gasteiger partial charge in [0.25, 0.3) is 0 Å². The maximum atomic E-state index is 12.4. The predicted molar refractivity (Wildman–Crippen MR) is 80.2 cm³/mol. The molecular weight excluding hydrogens is 316 g/mol. The van der Waals surface area contributed by atoms with E-state index in [1.54, 1.807) is 4.57 Å². The minimum Gasteiger partial charge on any atom is -0.390 e. The van der Waals surface area contributed by atoms with Gasteiger partial charge in [-0.3, -0.25) is 0 Å². The van der Waals surface area contributed by atoms with E-state index in [0.29, 0.717) is 12.2 Å². The van der Waals surface area contributed by atoms with E-state index >= 15 is 0 Å². The standard InChI is InChI=1S/C12H22N2O5S2/c1-4-5-14-9-12(8-11(14)10-15)21(18,19)13(2)6-7-20(3,16)17/h8-9,15H,4-7,10H2,1-3H3. The highest BCUT2D eigenvalue weighted by Crippen LogP contribution is 2.18. The fourth-order valence-electron chi connectivity index (χ4n) is 1.84. The second-order valence-corrected chi connectivity index (χ2v) is 9.28. The third-order valence-corrected chi connectivity index (χ3v) is 5.82. The lowest BCUT2D eigenvalue weighted by molar-refractivity contribution is 0.270. The Labute approximate surface area is 126 Å². The van der Waals surface area contributed by atoms with Crippen LogP contribution in [-0.2, 0) is 33.0 Å². The van der Waals surface area contributed by atoms with Gasteiger partial charge in [-0.2, -0.15) is 4.31 Å². The van der Waals surface area contributed by atoms with Gasteiger partial charge in [-0.1, -0.05) is 6.92 Å². The summed E-state index contributed by atoms with van der Waals surface area (Å²) in [7, 11) is -5.64. The molecule has 0 spiro atoms. The zero-order valence-electron chi connectivity index (χ0n) is 12.5. The number of hydrogen-bond donors (Lipinski definition) is 1. The Morgan fingerprint density at radius 2 is 1.90 bits per heavy atom. The molecule has 1 N–H and O–H groups in total. The minimum absolute atomic E-state index is 0.0657. The molecule has 0 amide bonds. The fourth-order valence-corrected chi connectivity index (χ4v) is 3.80. The number of sulfonamides is 1. The van der Waals surface area contributed by atoms with Crippen molar-refractivity contribution in [3.05, 3.63) is 18.0 Å². The van der Waals surface area contributed by atoms with Crippen LogP contribution in [0.1, 0.15) is 19.0 Å². The monoisotopic (exact) mass is 338 g/mol. The van der Waals surface area contributed by atoms with Crippen molar-refractivity contribution in [3.63, 3.8) is 0 Å². The van der Waals surface area contributed by atoms with Crippen LogP contribution in [-0.4, -0.2) is 56.4 Å². The molecule has 1 heterocycles. The van der Waals surface area contributed by atoms with E-state index in [1.165, 1.54) is 19.3 Å². The normalized spacial score (nSPS) is 13.0. The molecule has 0 aromatic carbocycles. The highest BCUT2D eigenvalue weighted by molar-refractivity contribution is 7.91. The van der Waals surface area contributed by atoms with Gasteiger partial charge in [0.05, 0.1) is 12.4 Å². The Balaban J connectivity index is 3.01. The zero-order valence-corrected chi connectivity index (χ0v) is 14.1. The van der Waals surface area contributed by atoms with E-state index in [9.17, 15) is 21.9 Å². The van der Waals surface area contributed by atoms with Crippen molar-refractivity contribution < 1.29 is 21.9 Å². The first-order chi connectivity index (χ1) is 9.61. The number of rotatable bonds is 8. The van der Waals surface area contributed by atoms with Gasteiger partial charge in [0, 0.05) is 38.3 Å². The van der Waals surface area contributed by atoms with Crippen LogP contribution in [0.3, 0.4) is 0 Å². The number of nitrogens with zero attached hydrogens (tertiary/aromatic N) is 2. The van der Waals surface area contributed by atoms with Gasteiger partial charge >= 0.3 is 0 Å². The summed E-state index contributed by atoms with van der Waals surface area (Å²) in [5, 5.41) is 9.26. The number of aromatic nitrogens is 1. The highest BCUT2D eigenvalue weighted by atomic mass is 32.2. The fraction of sp³-hybridized carbons (Fsp3) is 0.667. The second-order valence-electron chi connectivity index (χ2n) is 4.98. The van der Waals surface area contributed by atoms with Crippen molar-refractivity contribution in [2.24, 2.45) is 0 Å². The molecule has 1 aromatic rings. The van der Waals surface area contributed by atoms with Crippen molar-refractivity contribution in [2.75, 3.05) is 25.6 Å². The zero-order chi connectivity index (χ0) is 16.3. The lowest BCUT2D eigenvalue weighted by Gasteiger charge is -2.15. The van der Waals surface area contributed by atoms with Gasteiger partial charge in [-0.25, -0.2) is 16.8 Å². The summed E-state index contributed by atoms with van der Waals surface area (Å²) in [5.74, 6) is -0.231. The maximum Gasteiger partial charge on any atom is 0.244 e. The highest BCUT2D eigenvalue weighted by Gasteiger charge is 2.24. The number of aryl methyl sites for hydroxylation is 1. The number of hydrogen-bond acceptors (Lipinski definition) is 5. The number of aliphatic hydroxyl groups excluding tert-OH is 1. The molecule has 1 aromatic heterocycles. The Morgan fingerprint density at radius 3 is 2.38 bits per heavy atom. The van der Waals surface area contributed by atoms with Crippen LogP contribution >= 0.6 is 0 Å². The van der Waals surface area contributed by atoms with E-state index in [4.69, 9.17) is 0 Å². The lowest BCUT2D eigenvalue weighted by atomic mass is 10.4. The van der Waals surface area contributed by atoms with Gasteiger partial charge < -0.3 is 9.67 Å². The average Bonchev–Trinajstić information content (AvgIpc) is 2.79. The van der Waals surface area contributed by atoms with Gasteiger partial charge in [-0.05, 0) is 12.5 Å². The van der Waals surface area contributed by atoms with E-state index in [2.05, 4.69) is 0 Å². The van der Waals surface area contributed by atoms with Crippen LogP contribution < -0.4 is 0 Å². The van der Waals surface area contributed by atoms with Crippen molar-refractivity contribution in [1.82, 2.24) is 8.87 Å². The Bertz CT molecular complexity index is 677. The lowest BCUT2D eigenvalue weighted by Crippen LogP contribution is -2.31. The van der Waals surface area contributed by atoms with Crippen LogP contribution in [0.2, 0.25) is 0 Å². The Kier molecular flexibility index (Phi) is 5.97. The molecule has 0 unspecified atom stereocenters. The molecule has 0 aliphatic carbocycles. The Hall–Kier alpha value is -0.900. The number of sulfone groups is 1. The molecule has 122 valence electrons. The van der Waals surface area contributed by atoms with E-state index in [0.717, 1.165) is 17.0 Å². The quantitative estimate of drug-likeness (QED) is 0.723. The summed E-state index contributed by atoms with van der Waals surface area (Å²) in [6.45, 7) is 2.21. The maximum absolute atomic E-state index is 12.4. The van der Waals surface area contributed by atoms with Crippen LogP contribution in [0.4, 0.5) is 0 Å². The molecule has 9 heteroatoms.